The van der Waals surface area contributed by atoms with Crippen LogP contribution in [-0.2, 0) is 22.0 Å². The van der Waals surface area contributed by atoms with Crippen LogP contribution in [0.2, 0.25) is 0 Å². The molecule has 136 valence electrons. The summed E-state index contributed by atoms with van der Waals surface area (Å²) in [6.07, 6.45) is 4.86. The molecule has 2 aromatic heterocycles. The van der Waals surface area contributed by atoms with Crippen LogP contribution in [0.15, 0.2) is 70.5 Å². The highest BCUT2D eigenvalue weighted by atomic mass is 32.2. The summed E-state index contributed by atoms with van der Waals surface area (Å²) in [5, 5.41) is 0. The summed E-state index contributed by atoms with van der Waals surface area (Å²) < 4.78 is 32.6. The van der Waals surface area contributed by atoms with Gasteiger partial charge in [0.1, 0.15) is 0 Å². The van der Waals surface area contributed by atoms with Gasteiger partial charge in [0.05, 0.1) is 23.1 Å². The van der Waals surface area contributed by atoms with Crippen molar-refractivity contribution in [2.24, 2.45) is 0 Å². The molecule has 0 bridgehead atoms. The van der Waals surface area contributed by atoms with Gasteiger partial charge in [0.25, 0.3) is 0 Å². The summed E-state index contributed by atoms with van der Waals surface area (Å²) in [6.45, 7) is 6.46. The molecule has 1 aromatic carbocycles. The average molecular weight is 370 g/mol. The third-order valence-corrected chi connectivity index (χ3v) is 5.56. The van der Waals surface area contributed by atoms with Crippen LogP contribution in [0.5, 0.6) is 0 Å². The van der Waals surface area contributed by atoms with Crippen molar-refractivity contribution in [1.29, 1.82) is 0 Å². The molecule has 2 heterocycles. The first kappa shape index (κ1) is 18.4. The molecule has 26 heavy (non-hydrogen) atoms. The first-order valence-corrected chi connectivity index (χ1v) is 9.82. The molecule has 0 aliphatic carbocycles. The molecular formula is C20H22N2O3S. The van der Waals surface area contributed by atoms with Crippen LogP contribution >= 0.6 is 0 Å². The number of pyridine rings is 1. The van der Waals surface area contributed by atoms with E-state index in [2.05, 4.69) is 30.5 Å². The SMILES string of the molecule is CC(C)(C)c1ccc(S(=O)(=O)NCc2ccc(-c3ccoc3)nc2)cc1. The number of benzene rings is 1. The van der Waals surface area contributed by atoms with Gasteiger partial charge in [-0.3, -0.25) is 4.98 Å². The van der Waals surface area contributed by atoms with Crippen LogP contribution in [0.3, 0.4) is 0 Å². The number of furan rings is 1. The predicted molar refractivity (Wildman–Crippen MR) is 101 cm³/mol. The van der Waals surface area contributed by atoms with E-state index in [1.807, 2.05) is 30.3 Å². The molecule has 3 aromatic rings. The third-order valence-electron chi connectivity index (χ3n) is 4.14. The fourth-order valence-electron chi connectivity index (χ4n) is 2.51. The van der Waals surface area contributed by atoms with E-state index >= 15 is 0 Å². The molecule has 0 spiro atoms. The van der Waals surface area contributed by atoms with Crippen molar-refractivity contribution in [3.63, 3.8) is 0 Å². The average Bonchev–Trinajstić information content (AvgIpc) is 3.14. The summed E-state index contributed by atoms with van der Waals surface area (Å²) in [4.78, 5) is 4.60. The highest BCUT2D eigenvalue weighted by Crippen LogP contribution is 2.23. The molecule has 0 aliphatic rings. The lowest BCUT2D eigenvalue weighted by Crippen LogP contribution is -2.23. The molecule has 3 rings (SSSR count). The molecular weight excluding hydrogens is 348 g/mol. The molecule has 0 radical (unpaired) electrons. The molecule has 0 saturated carbocycles. The Labute approximate surface area is 154 Å². The minimum Gasteiger partial charge on any atom is -0.472 e. The molecule has 5 nitrogen and oxygen atoms in total. The summed E-state index contributed by atoms with van der Waals surface area (Å²) in [5.74, 6) is 0. The van der Waals surface area contributed by atoms with Crippen LogP contribution in [0.1, 0.15) is 31.9 Å². The highest BCUT2D eigenvalue weighted by molar-refractivity contribution is 7.89. The lowest BCUT2D eigenvalue weighted by atomic mass is 9.87. The van der Waals surface area contributed by atoms with E-state index < -0.39 is 10.0 Å². The number of nitrogens with zero attached hydrogens (tertiary/aromatic N) is 1. The van der Waals surface area contributed by atoms with Gasteiger partial charge in [-0.1, -0.05) is 39.0 Å². The van der Waals surface area contributed by atoms with E-state index in [1.54, 1.807) is 30.9 Å². The third kappa shape index (κ3) is 4.20. The number of hydrogen-bond donors (Lipinski definition) is 1. The minimum atomic E-state index is -3.57. The van der Waals surface area contributed by atoms with Crippen molar-refractivity contribution < 1.29 is 12.8 Å². The first-order chi connectivity index (χ1) is 12.3. The molecule has 1 N–H and O–H groups in total. The standard InChI is InChI=1S/C20H22N2O3S/c1-20(2,3)17-5-7-18(8-6-17)26(23,24)22-13-15-4-9-19(21-12-15)16-10-11-25-14-16/h4-12,14,22H,13H2,1-3H3. The Bertz CT molecular complexity index is 953. The normalized spacial score (nSPS) is 12.3. The van der Waals surface area contributed by atoms with Crippen molar-refractivity contribution in [3.05, 3.63) is 72.3 Å². The molecule has 0 atom stereocenters. The Morgan fingerprint density at radius 2 is 1.77 bits per heavy atom. The minimum absolute atomic E-state index is 0.0158. The Kier molecular flexibility index (Phi) is 4.98. The van der Waals surface area contributed by atoms with Gasteiger partial charge in [-0.15, -0.1) is 0 Å². The summed E-state index contributed by atoms with van der Waals surface area (Å²) >= 11 is 0. The van der Waals surface area contributed by atoms with Gasteiger partial charge in [0.2, 0.25) is 10.0 Å². The zero-order chi connectivity index (χ0) is 18.8. The van der Waals surface area contributed by atoms with Gasteiger partial charge in [-0.25, -0.2) is 13.1 Å². The highest BCUT2D eigenvalue weighted by Gasteiger charge is 2.17. The van der Waals surface area contributed by atoms with E-state index in [0.717, 1.165) is 22.4 Å². The predicted octanol–water partition coefficient (Wildman–Crippen LogP) is 4.12. The second kappa shape index (κ2) is 7.05. The summed E-state index contributed by atoms with van der Waals surface area (Å²) in [6, 6.07) is 12.5. The second-order valence-corrected chi connectivity index (χ2v) is 8.93. The fraction of sp³-hybridized carbons (Fsp3) is 0.250. The van der Waals surface area contributed by atoms with E-state index in [-0.39, 0.29) is 16.9 Å². The number of hydrogen-bond acceptors (Lipinski definition) is 4. The van der Waals surface area contributed by atoms with Gasteiger partial charge in [-0.05, 0) is 40.8 Å². The monoisotopic (exact) mass is 370 g/mol. The molecule has 0 amide bonds. The van der Waals surface area contributed by atoms with Crippen molar-refractivity contribution in [2.75, 3.05) is 0 Å². The number of nitrogens with one attached hydrogen (secondary N) is 1. The van der Waals surface area contributed by atoms with Gasteiger partial charge in [-0.2, -0.15) is 0 Å². The van der Waals surface area contributed by atoms with E-state index in [0.29, 0.717) is 0 Å². The molecule has 0 aliphatic heterocycles. The van der Waals surface area contributed by atoms with Crippen LogP contribution in [0, 0.1) is 0 Å². The molecule has 0 fully saturated rings. The van der Waals surface area contributed by atoms with Crippen molar-refractivity contribution in [1.82, 2.24) is 9.71 Å². The van der Waals surface area contributed by atoms with Crippen LogP contribution < -0.4 is 4.72 Å². The van der Waals surface area contributed by atoms with Gasteiger partial charge in [0.15, 0.2) is 0 Å². The number of aromatic nitrogens is 1. The fourth-order valence-corrected chi connectivity index (χ4v) is 3.52. The zero-order valence-corrected chi connectivity index (χ0v) is 15.9. The lowest BCUT2D eigenvalue weighted by molar-refractivity contribution is 0.568. The van der Waals surface area contributed by atoms with Crippen LogP contribution in [-0.4, -0.2) is 13.4 Å². The maximum atomic E-state index is 12.5. The Morgan fingerprint density at radius 3 is 2.31 bits per heavy atom. The van der Waals surface area contributed by atoms with Gasteiger partial charge in [0, 0.05) is 18.3 Å². The maximum absolute atomic E-state index is 12.5. The lowest BCUT2D eigenvalue weighted by Gasteiger charge is -2.19. The topological polar surface area (TPSA) is 72.2 Å². The summed E-state index contributed by atoms with van der Waals surface area (Å²) in [5.41, 5.74) is 3.53. The Morgan fingerprint density at radius 1 is 1.04 bits per heavy atom. The van der Waals surface area contributed by atoms with Crippen LogP contribution in [0.4, 0.5) is 0 Å². The number of rotatable bonds is 5. The van der Waals surface area contributed by atoms with Gasteiger partial charge >= 0.3 is 0 Å². The summed E-state index contributed by atoms with van der Waals surface area (Å²) in [7, 11) is -3.57. The van der Waals surface area contributed by atoms with Crippen molar-refractivity contribution in [2.45, 2.75) is 37.6 Å². The first-order valence-electron chi connectivity index (χ1n) is 8.33. The largest absolute Gasteiger partial charge is 0.472 e. The van der Waals surface area contributed by atoms with E-state index in [9.17, 15) is 8.42 Å². The van der Waals surface area contributed by atoms with Crippen LogP contribution in [0.25, 0.3) is 11.3 Å². The van der Waals surface area contributed by atoms with Crippen molar-refractivity contribution in [3.8, 4) is 11.3 Å². The number of sulfonamides is 1. The smallest absolute Gasteiger partial charge is 0.240 e. The van der Waals surface area contributed by atoms with Gasteiger partial charge < -0.3 is 4.42 Å². The Hall–Kier alpha value is -2.44. The molecule has 6 heteroatoms. The second-order valence-electron chi connectivity index (χ2n) is 7.16. The quantitative estimate of drug-likeness (QED) is 0.733. The zero-order valence-electron chi connectivity index (χ0n) is 15.1. The van der Waals surface area contributed by atoms with E-state index in [1.165, 1.54) is 0 Å². The maximum Gasteiger partial charge on any atom is 0.240 e. The van der Waals surface area contributed by atoms with E-state index in [4.69, 9.17) is 4.42 Å². The molecule has 0 unspecified atom stereocenters. The van der Waals surface area contributed by atoms with Crippen molar-refractivity contribution >= 4 is 10.0 Å². The molecule has 0 saturated heterocycles. The Balaban J connectivity index is 1.68.